The Hall–Kier alpha value is -1.86. The maximum Gasteiger partial charge on any atom is 0.335 e. The van der Waals surface area contributed by atoms with Gasteiger partial charge in [-0.2, -0.15) is 0 Å². The molecular formula is C14H16N4O2S. The molecule has 1 saturated carbocycles. The van der Waals surface area contributed by atoms with Crippen molar-refractivity contribution < 1.29 is 9.90 Å². The van der Waals surface area contributed by atoms with Gasteiger partial charge in [-0.1, -0.05) is 23.9 Å². The van der Waals surface area contributed by atoms with Gasteiger partial charge in [-0.05, 0) is 30.5 Å². The van der Waals surface area contributed by atoms with Gasteiger partial charge in [-0.15, -0.1) is 10.2 Å². The second-order valence-corrected chi connectivity index (χ2v) is 5.94. The van der Waals surface area contributed by atoms with E-state index in [4.69, 9.17) is 10.8 Å². The zero-order valence-corrected chi connectivity index (χ0v) is 12.2. The van der Waals surface area contributed by atoms with Crippen LogP contribution in [0.1, 0.15) is 40.6 Å². The quantitative estimate of drug-likeness (QED) is 0.793. The Balaban J connectivity index is 1.70. The predicted octanol–water partition coefficient (Wildman–Crippen LogP) is 2.06. The average Bonchev–Trinajstić information content (AvgIpc) is 3.25. The summed E-state index contributed by atoms with van der Waals surface area (Å²) in [4.78, 5) is 10.8. The third-order valence-corrected chi connectivity index (χ3v) is 4.41. The highest BCUT2D eigenvalue weighted by Gasteiger charge is 2.29. The Morgan fingerprint density at radius 2 is 2.05 bits per heavy atom. The Morgan fingerprint density at radius 3 is 2.62 bits per heavy atom. The van der Waals surface area contributed by atoms with Crippen LogP contribution in [0.3, 0.4) is 0 Å². The summed E-state index contributed by atoms with van der Waals surface area (Å²) < 4.78 is 2.14. The van der Waals surface area contributed by atoms with E-state index in [-0.39, 0.29) is 0 Å². The van der Waals surface area contributed by atoms with Crippen LogP contribution in [0.15, 0.2) is 29.4 Å². The maximum absolute atomic E-state index is 10.8. The molecule has 1 heterocycles. The normalized spacial score (nSPS) is 14.3. The molecule has 0 radical (unpaired) electrons. The van der Waals surface area contributed by atoms with Gasteiger partial charge >= 0.3 is 5.97 Å². The number of carboxylic acids is 1. The predicted molar refractivity (Wildman–Crippen MR) is 79.1 cm³/mol. The molecule has 6 nitrogen and oxygen atoms in total. The van der Waals surface area contributed by atoms with Crippen LogP contribution in [-0.2, 0) is 12.3 Å². The molecule has 0 amide bonds. The van der Waals surface area contributed by atoms with Gasteiger partial charge in [0, 0.05) is 11.8 Å². The number of hydrogen-bond donors (Lipinski definition) is 2. The van der Waals surface area contributed by atoms with E-state index in [1.165, 1.54) is 0 Å². The number of benzene rings is 1. The molecule has 3 N–H and O–H groups in total. The van der Waals surface area contributed by atoms with E-state index >= 15 is 0 Å². The summed E-state index contributed by atoms with van der Waals surface area (Å²) in [5.41, 5.74) is 7.05. The summed E-state index contributed by atoms with van der Waals surface area (Å²) in [6.45, 7) is 0.400. The highest BCUT2D eigenvalue weighted by Crippen LogP contribution is 2.39. The van der Waals surface area contributed by atoms with Gasteiger partial charge in [0.2, 0.25) is 0 Å². The van der Waals surface area contributed by atoms with Crippen LogP contribution >= 0.6 is 11.8 Å². The lowest BCUT2D eigenvalue weighted by Gasteiger charge is -2.07. The second kappa shape index (κ2) is 5.87. The smallest absolute Gasteiger partial charge is 0.335 e. The van der Waals surface area contributed by atoms with Crippen LogP contribution in [0.2, 0.25) is 0 Å². The fourth-order valence-electron chi connectivity index (χ4n) is 2.14. The standard InChI is InChI=1S/C14H16N4O2S/c15-7-12-16-17-14(18(12)11-5-6-11)21-8-9-1-3-10(4-2-9)13(19)20/h1-4,11H,5-8,15H2,(H,19,20). The van der Waals surface area contributed by atoms with E-state index in [9.17, 15) is 4.79 Å². The highest BCUT2D eigenvalue weighted by molar-refractivity contribution is 7.98. The molecule has 1 fully saturated rings. The van der Waals surface area contributed by atoms with Crippen LogP contribution in [0, 0.1) is 0 Å². The van der Waals surface area contributed by atoms with Gasteiger partial charge in [0.05, 0.1) is 12.1 Å². The van der Waals surface area contributed by atoms with Gasteiger partial charge in [0.25, 0.3) is 0 Å². The first-order valence-electron chi connectivity index (χ1n) is 6.78. The van der Waals surface area contributed by atoms with Crippen LogP contribution < -0.4 is 5.73 Å². The number of aromatic carboxylic acids is 1. The summed E-state index contributed by atoms with van der Waals surface area (Å²) in [6, 6.07) is 7.40. The summed E-state index contributed by atoms with van der Waals surface area (Å²) in [5, 5.41) is 18.1. The summed E-state index contributed by atoms with van der Waals surface area (Å²) in [7, 11) is 0. The average molecular weight is 304 g/mol. The molecule has 21 heavy (non-hydrogen) atoms. The molecule has 110 valence electrons. The Kier molecular flexibility index (Phi) is 3.94. The van der Waals surface area contributed by atoms with Crippen molar-refractivity contribution in [1.29, 1.82) is 0 Å². The largest absolute Gasteiger partial charge is 0.478 e. The summed E-state index contributed by atoms with van der Waals surface area (Å²) in [6.07, 6.45) is 2.32. The highest BCUT2D eigenvalue weighted by atomic mass is 32.2. The lowest BCUT2D eigenvalue weighted by Crippen LogP contribution is -2.08. The van der Waals surface area contributed by atoms with Crippen LogP contribution in [-0.4, -0.2) is 25.8 Å². The first-order valence-corrected chi connectivity index (χ1v) is 7.76. The SMILES string of the molecule is NCc1nnc(SCc2ccc(C(=O)O)cc2)n1C1CC1. The van der Waals surface area contributed by atoms with Gasteiger partial charge in [-0.3, -0.25) is 0 Å². The molecule has 0 saturated heterocycles. The molecule has 1 aliphatic carbocycles. The van der Waals surface area contributed by atoms with Crippen molar-refractivity contribution >= 4 is 17.7 Å². The van der Waals surface area contributed by atoms with E-state index < -0.39 is 5.97 Å². The van der Waals surface area contributed by atoms with E-state index in [0.29, 0.717) is 18.2 Å². The molecular weight excluding hydrogens is 288 g/mol. The lowest BCUT2D eigenvalue weighted by atomic mass is 10.1. The minimum atomic E-state index is -0.907. The number of aromatic nitrogens is 3. The first-order chi connectivity index (χ1) is 10.2. The van der Waals surface area contributed by atoms with Crippen LogP contribution in [0.5, 0.6) is 0 Å². The molecule has 0 unspecified atom stereocenters. The van der Waals surface area contributed by atoms with Crippen molar-refractivity contribution in [2.45, 2.75) is 36.3 Å². The Bertz CT molecular complexity index is 649. The minimum absolute atomic E-state index is 0.301. The van der Waals surface area contributed by atoms with Gasteiger partial charge < -0.3 is 15.4 Å². The number of rotatable bonds is 6. The van der Waals surface area contributed by atoms with Gasteiger partial charge in [-0.25, -0.2) is 4.79 Å². The number of nitrogens with two attached hydrogens (primary N) is 1. The fourth-order valence-corrected chi connectivity index (χ4v) is 3.12. The van der Waals surface area contributed by atoms with Crippen molar-refractivity contribution in [2.75, 3.05) is 0 Å². The molecule has 1 aliphatic rings. The number of hydrogen-bond acceptors (Lipinski definition) is 5. The van der Waals surface area contributed by atoms with Crippen molar-refractivity contribution in [3.8, 4) is 0 Å². The van der Waals surface area contributed by atoms with Crippen molar-refractivity contribution in [1.82, 2.24) is 14.8 Å². The molecule has 0 spiro atoms. The summed E-state index contributed by atoms with van der Waals surface area (Å²) >= 11 is 1.61. The molecule has 7 heteroatoms. The Labute approximate surface area is 126 Å². The third kappa shape index (κ3) is 3.08. The monoisotopic (exact) mass is 304 g/mol. The van der Waals surface area contributed by atoms with Crippen molar-refractivity contribution in [3.05, 3.63) is 41.2 Å². The number of thioether (sulfide) groups is 1. The summed E-state index contributed by atoms with van der Waals surface area (Å²) in [5.74, 6) is 0.659. The molecule has 0 atom stereocenters. The van der Waals surface area contributed by atoms with Gasteiger partial charge in [0.1, 0.15) is 5.82 Å². The zero-order valence-electron chi connectivity index (χ0n) is 11.4. The molecule has 0 bridgehead atoms. The molecule has 2 aromatic rings. The van der Waals surface area contributed by atoms with Crippen molar-refractivity contribution in [2.24, 2.45) is 5.73 Å². The fraction of sp³-hybridized carbons (Fsp3) is 0.357. The van der Waals surface area contributed by atoms with Crippen molar-refractivity contribution in [3.63, 3.8) is 0 Å². The molecule has 1 aromatic heterocycles. The topological polar surface area (TPSA) is 94.0 Å². The lowest BCUT2D eigenvalue weighted by molar-refractivity contribution is 0.0697. The maximum atomic E-state index is 10.8. The van der Waals surface area contributed by atoms with Crippen LogP contribution in [0.4, 0.5) is 0 Å². The first kappa shape index (κ1) is 14.1. The molecule has 0 aliphatic heterocycles. The molecule has 3 rings (SSSR count). The van der Waals surface area contributed by atoms with Crippen LogP contribution in [0.25, 0.3) is 0 Å². The Morgan fingerprint density at radius 1 is 1.33 bits per heavy atom. The third-order valence-electron chi connectivity index (χ3n) is 3.40. The van der Waals surface area contributed by atoms with E-state index in [1.54, 1.807) is 23.9 Å². The number of carbonyl (C=O) groups is 1. The molecule has 1 aromatic carbocycles. The number of nitrogens with zero attached hydrogens (tertiary/aromatic N) is 3. The van der Waals surface area contributed by atoms with Gasteiger partial charge in [0.15, 0.2) is 5.16 Å². The van der Waals surface area contributed by atoms with E-state index in [2.05, 4.69) is 14.8 Å². The minimum Gasteiger partial charge on any atom is -0.478 e. The number of carboxylic acid groups (broad SMARTS) is 1. The zero-order chi connectivity index (χ0) is 14.8. The second-order valence-electron chi connectivity index (χ2n) is 4.99. The van der Waals surface area contributed by atoms with E-state index in [1.807, 2.05) is 12.1 Å². The van der Waals surface area contributed by atoms with E-state index in [0.717, 1.165) is 35.1 Å².